The van der Waals surface area contributed by atoms with Gasteiger partial charge in [-0.2, -0.15) is 56.5 Å². The molecule has 2 aromatic carbocycles. The van der Waals surface area contributed by atoms with Gasteiger partial charge in [-0.15, -0.1) is 9.97 Å². The zero-order valence-corrected chi connectivity index (χ0v) is 37.4. The third-order valence-corrected chi connectivity index (χ3v) is 10.9. The van der Waals surface area contributed by atoms with E-state index in [0.717, 1.165) is 51.4 Å². The Balaban J connectivity index is 1.27. The van der Waals surface area contributed by atoms with Crippen LogP contribution in [0.4, 0.5) is 0 Å². The Morgan fingerprint density at radius 2 is 0.742 bits per heavy atom. The van der Waals surface area contributed by atoms with Gasteiger partial charge in [0.15, 0.2) is 22.9 Å². The lowest BCUT2D eigenvalue weighted by atomic mass is 10.2. The Bertz CT molecular complexity index is 2770. The maximum absolute atomic E-state index is 13.3. The van der Waals surface area contributed by atoms with Crippen molar-refractivity contribution in [2.75, 3.05) is 26.4 Å². The topological polar surface area (TPSA) is 196 Å². The fourth-order valence-corrected chi connectivity index (χ4v) is 7.36. The van der Waals surface area contributed by atoms with Gasteiger partial charge in [0.25, 0.3) is 25.3 Å². The summed E-state index contributed by atoms with van der Waals surface area (Å²) < 4.78 is 40.2. The first-order chi connectivity index (χ1) is 32.3. The molecule has 9 rings (SSSR count). The van der Waals surface area contributed by atoms with Crippen molar-refractivity contribution in [1.29, 1.82) is 0 Å². The van der Waals surface area contributed by atoms with Crippen molar-refractivity contribution < 1.29 is 47.4 Å². The average Bonchev–Trinajstić information content (AvgIpc) is 4.17. The largest absolute Gasteiger partial charge is 0.844 e. The Kier molecular flexibility index (Phi) is 12.8. The van der Waals surface area contributed by atoms with Gasteiger partial charge in [0.1, 0.15) is 49.6 Å². The van der Waals surface area contributed by atoms with Gasteiger partial charge < -0.3 is 29.2 Å². The Morgan fingerprint density at radius 3 is 1.09 bits per heavy atom. The molecule has 1 aliphatic heterocycles. The molecule has 8 aromatic rings. The van der Waals surface area contributed by atoms with Crippen molar-refractivity contribution in [2.24, 2.45) is 0 Å². The van der Waals surface area contributed by atoms with Gasteiger partial charge in [0.2, 0.25) is 22.9 Å². The summed E-state index contributed by atoms with van der Waals surface area (Å²) in [7, 11) is 0. The van der Waals surface area contributed by atoms with Crippen molar-refractivity contribution in [3.8, 4) is 81.6 Å². The number of ether oxygens (including phenoxy) is 4. The van der Waals surface area contributed by atoms with Crippen LogP contribution in [0.5, 0.6) is 35.0 Å². The van der Waals surface area contributed by atoms with Crippen LogP contribution in [-0.2, 0) is 0 Å². The fraction of sp³-hybridized carbons (Fsp3) is 0.348. The second kappa shape index (κ2) is 19.5. The molecule has 0 unspecified atom stereocenters. The van der Waals surface area contributed by atoms with Gasteiger partial charge in [-0.1, -0.05) is 53.4 Å². The highest BCUT2D eigenvalue weighted by Gasteiger charge is 2.31. The van der Waals surface area contributed by atoms with Crippen LogP contribution < -0.4 is 47.4 Å². The summed E-state index contributed by atoms with van der Waals surface area (Å²) in [5.74, 6) is 2.69. The van der Waals surface area contributed by atoms with E-state index in [2.05, 4.69) is 47.6 Å². The molecule has 0 radical (unpaired) electrons. The molecule has 0 saturated carbocycles. The number of imidazole rings is 4. The van der Waals surface area contributed by atoms with Crippen molar-refractivity contribution in [2.45, 2.75) is 79.1 Å². The van der Waals surface area contributed by atoms with Gasteiger partial charge in [0.05, 0.1) is 38.4 Å². The second-order valence-electron chi connectivity index (χ2n) is 15.7. The smallest absolute Gasteiger partial charge is 0.331 e. The van der Waals surface area contributed by atoms with Crippen molar-refractivity contribution in [1.82, 2.24) is 48.2 Å². The molecule has 0 N–H and O–H groups in total. The minimum absolute atomic E-state index is 0.104. The molecule has 0 fully saturated rings. The molecule has 6 aromatic heterocycles. The summed E-state index contributed by atoms with van der Waals surface area (Å²) in [5, 5.41) is 26.5. The number of unbranched alkanes of at least 4 members (excludes halogenated alkanes) is 4. The molecular weight excluding hydrogens is 845 g/mol. The van der Waals surface area contributed by atoms with Gasteiger partial charge >= 0.3 is 23.8 Å². The molecule has 340 valence electrons. The molecule has 16 bridgehead atoms. The van der Waals surface area contributed by atoms with Crippen LogP contribution in [0.3, 0.4) is 0 Å². The molecule has 1 aliphatic rings. The van der Waals surface area contributed by atoms with Crippen LogP contribution >= 0.6 is 0 Å². The molecule has 20 nitrogen and oxygen atoms in total. The summed E-state index contributed by atoms with van der Waals surface area (Å²) in [6.07, 6.45) is 28.4. The molecule has 66 heavy (non-hydrogen) atoms. The van der Waals surface area contributed by atoms with E-state index >= 15 is 0 Å². The maximum atomic E-state index is 13.3. The second-order valence-corrected chi connectivity index (χ2v) is 15.7. The maximum Gasteiger partial charge on any atom is 0.331 e. The van der Waals surface area contributed by atoms with Crippen LogP contribution in [0.1, 0.15) is 79.1 Å². The van der Waals surface area contributed by atoms with E-state index in [1.165, 1.54) is 0 Å². The zero-order valence-electron chi connectivity index (χ0n) is 37.4. The lowest BCUT2D eigenvalue weighted by Gasteiger charge is -2.16. The van der Waals surface area contributed by atoms with E-state index in [0.29, 0.717) is 72.2 Å². The monoisotopic (exact) mass is 896 g/mol. The quantitative estimate of drug-likeness (QED) is 0.101. The number of benzene rings is 2. The Labute approximate surface area is 380 Å². The van der Waals surface area contributed by atoms with E-state index in [9.17, 15) is 10.2 Å². The number of nitrogens with zero attached hydrogens (tertiary/aromatic N) is 14. The first-order valence-corrected chi connectivity index (χ1v) is 22.5. The van der Waals surface area contributed by atoms with Crippen LogP contribution in [-0.4, -0.2) is 74.6 Å². The average molecular weight is 897 g/mol. The molecule has 0 aliphatic carbocycles. The zero-order chi connectivity index (χ0) is 45.6. The van der Waals surface area contributed by atoms with E-state index < -0.39 is 12.0 Å². The van der Waals surface area contributed by atoms with Crippen molar-refractivity contribution in [3.05, 3.63) is 99.1 Å². The van der Waals surface area contributed by atoms with E-state index in [1.54, 1.807) is 68.4 Å². The predicted octanol–water partition coefficient (Wildman–Crippen LogP) is 3.50. The van der Waals surface area contributed by atoms with E-state index in [4.69, 9.17) is 28.9 Å². The Hall–Kier alpha value is -7.90. The van der Waals surface area contributed by atoms with E-state index in [-0.39, 0.29) is 23.8 Å². The van der Waals surface area contributed by atoms with Gasteiger partial charge in [-0.3, -0.25) is 0 Å². The lowest BCUT2D eigenvalue weighted by Crippen LogP contribution is -2.34. The van der Waals surface area contributed by atoms with Crippen LogP contribution in [0.2, 0.25) is 0 Å². The third-order valence-electron chi connectivity index (χ3n) is 10.9. The summed E-state index contributed by atoms with van der Waals surface area (Å²) in [6.45, 7) is 10.2. The van der Waals surface area contributed by atoms with Crippen LogP contribution in [0.25, 0.3) is 46.5 Å². The molecule has 0 amide bonds. The highest BCUT2D eigenvalue weighted by Crippen LogP contribution is 2.35. The van der Waals surface area contributed by atoms with Gasteiger partial charge in [-0.05, 0) is 49.9 Å². The summed E-state index contributed by atoms with van der Waals surface area (Å²) >= 11 is 0. The van der Waals surface area contributed by atoms with Crippen LogP contribution in [0.15, 0.2) is 99.1 Å². The standard InChI is InChI=1S/C46H52N14O6/c1-5-9-25-63-35-15-13-33-39(65-27-11-7-3)37(35)55-19-23-59(31-55)43-48-44(52-46(62)51-43)60-24-20-56(32-60)38-36(64-26-10-6-2)16-14-34(40(38)66-28-12-8-4)54-18-22-58(30-54)42-47-41(49-45(61)50-42)57-21-17-53(33)29-57/h13-24,29-32H,5-12,25-28H2,1-4H3/q+2. The number of rotatable bonds is 16. The highest BCUT2D eigenvalue weighted by molar-refractivity contribution is 5.60. The molecule has 7 heterocycles. The van der Waals surface area contributed by atoms with Crippen LogP contribution in [0, 0.1) is 0 Å². The minimum Gasteiger partial charge on any atom is -0.844 e. The van der Waals surface area contributed by atoms with E-state index in [1.807, 2.05) is 67.3 Å². The molecule has 0 atom stereocenters. The lowest BCUT2D eigenvalue weighted by molar-refractivity contribution is -0.604. The molecular formula is C46H52N14O6+2. The summed E-state index contributed by atoms with van der Waals surface area (Å²) in [4.78, 5) is 26.4. The molecule has 0 saturated heterocycles. The molecule has 0 spiro atoms. The fourth-order valence-electron chi connectivity index (χ4n) is 7.36. The molecule has 20 heteroatoms. The normalized spacial score (nSPS) is 11.6. The first-order valence-electron chi connectivity index (χ1n) is 22.5. The first kappa shape index (κ1) is 43.4. The number of aromatic nitrogens is 14. The third kappa shape index (κ3) is 8.93. The number of hydrogen-bond acceptors (Lipinski definition) is 12. The highest BCUT2D eigenvalue weighted by atomic mass is 16.5. The van der Waals surface area contributed by atoms with Gasteiger partial charge in [-0.25, -0.2) is 0 Å². The summed E-state index contributed by atoms with van der Waals surface area (Å²) in [5.41, 5.74) is 2.61. The SMILES string of the molecule is CCCCOc1ccc2c(OCCCC)c1-[n+]1ccn(c1)-c1nc([O-])nc(n1)-n1cc[n+](c1)-c1c(OCCCC)ccc(c1OCCCC)-[n+]1ccn(c1)-c1nc([O-])nc(n1)-n1cc[n+]-2c1. The number of hydrogen-bond donors (Lipinski definition) is 0. The predicted molar refractivity (Wildman–Crippen MR) is 231 cm³/mol. The van der Waals surface area contributed by atoms with Crippen molar-refractivity contribution in [3.63, 3.8) is 0 Å². The summed E-state index contributed by atoms with van der Waals surface area (Å²) in [6, 6.07) is 6.24. The van der Waals surface area contributed by atoms with Gasteiger partial charge in [0, 0.05) is 0 Å². The minimum atomic E-state index is -0.713. The van der Waals surface area contributed by atoms with Crippen molar-refractivity contribution >= 4 is 0 Å². The number of fused-ring (bicyclic) bond motifs is 24. The Morgan fingerprint density at radius 1 is 0.424 bits per heavy atom.